The van der Waals surface area contributed by atoms with Crippen LogP contribution in [0.15, 0.2) is 24.3 Å². The largest absolute Gasteiger partial charge is 0.444 e. The minimum absolute atomic E-state index is 0.210. The molecule has 1 aromatic rings. The number of ether oxygens (including phenoxy) is 1. The smallest absolute Gasteiger partial charge is 0.407 e. The number of rotatable bonds is 4. The first-order valence-electron chi connectivity index (χ1n) is 7.09. The second-order valence-electron chi connectivity index (χ2n) is 6.07. The van der Waals surface area contributed by atoms with Crippen molar-refractivity contribution in [1.82, 2.24) is 9.62 Å². The van der Waals surface area contributed by atoms with Crippen LogP contribution in [0.3, 0.4) is 0 Å². The van der Waals surface area contributed by atoms with Gasteiger partial charge in [-0.05, 0) is 52.0 Å². The topological polar surface area (TPSA) is 70.7 Å². The van der Waals surface area contributed by atoms with Crippen LogP contribution < -0.4 is 10.6 Å². The predicted octanol–water partition coefficient (Wildman–Crippen LogP) is 3.93. The van der Waals surface area contributed by atoms with Crippen LogP contribution in [-0.2, 0) is 4.74 Å². The van der Waals surface area contributed by atoms with Gasteiger partial charge in [0.05, 0.1) is 6.54 Å². The van der Waals surface area contributed by atoms with Crippen LogP contribution in [0.25, 0.3) is 0 Å². The Bertz CT molecular complexity index is 546. The monoisotopic (exact) mass is 359 g/mol. The highest BCUT2D eigenvalue weighted by Crippen LogP contribution is 2.14. The number of nitrogens with zero attached hydrogens (tertiary/aromatic N) is 1. The van der Waals surface area contributed by atoms with Crippen LogP contribution in [-0.4, -0.2) is 34.6 Å². The van der Waals surface area contributed by atoms with Crippen molar-refractivity contribution in [3.8, 4) is 0 Å². The third-order valence-electron chi connectivity index (χ3n) is 2.54. The van der Waals surface area contributed by atoms with Crippen molar-refractivity contribution < 1.29 is 14.3 Å². The molecule has 0 aromatic heterocycles. The molecule has 0 heterocycles. The Labute approximate surface area is 147 Å². The first-order valence-corrected chi connectivity index (χ1v) is 7.87. The number of halogens is 1. The maximum absolute atomic E-state index is 12.0. The molecule has 3 amide bonds. The zero-order chi connectivity index (χ0) is 17.6. The zero-order valence-electron chi connectivity index (χ0n) is 13.6. The van der Waals surface area contributed by atoms with Crippen molar-refractivity contribution >= 4 is 42.2 Å². The molecule has 0 bridgehead atoms. The lowest BCUT2D eigenvalue weighted by atomic mass is 10.2. The Kier molecular flexibility index (Phi) is 7.02. The van der Waals surface area contributed by atoms with E-state index in [4.69, 9.17) is 16.3 Å². The Morgan fingerprint density at radius 3 is 2.39 bits per heavy atom. The molecule has 1 unspecified atom stereocenters. The third kappa shape index (κ3) is 7.99. The molecule has 0 aliphatic carbocycles. The number of amides is 3. The number of carbonyl (C=O) groups excluding carboxylic acids is 2. The van der Waals surface area contributed by atoms with Crippen molar-refractivity contribution in [3.05, 3.63) is 29.3 Å². The van der Waals surface area contributed by atoms with Gasteiger partial charge in [-0.2, -0.15) is 0 Å². The standard InChI is InChI=1S/C15H22ClN3O3S/c1-10(17-14(21)22-15(2,3)4)9-19(23)13(20)18-12-7-5-11(16)6-8-12/h5-8,10,23H,9H2,1-4H3,(H,17,21)(H,18,20). The SMILES string of the molecule is CC(CN(S)C(=O)Nc1ccc(Cl)cc1)NC(=O)OC(C)(C)C. The van der Waals surface area contributed by atoms with E-state index in [0.717, 1.165) is 0 Å². The van der Waals surface area contributed by atoms with E-state index in [1.807, 2.05) is 0 Å². The summed E-state index contributed by atoms with van der Waals surface area (Å²) in [6.07, 6.45) is -0.537. The van der Waals surface area contributed by atoms with Crippen molar-refractivity contribution in [2.45, 2.75) is 39.3 Å². The number of hydrogen-bond acceptors (Lipinski definition) is 4. The van der Waals surface area contributed by atoms with Crippen LogP contribution in [0, 0.1) is 0 Å². The van der Waals surface area contributed by atoms with Crippen LogP contribution in [0.5, 0.6) is 0 Å². The lowest BCUT2D eigenvalue weighted by molar-refractivity contribution is 0.0505. The third-order valence-corrected chi connectivity index (χ3v) is 3.14. The number of urea groups is 1. The maximum atomic E-state index is 12.0. The Morgan fingerprint density at radius 2 is 1.87 bits per heavy atom. The van der Waals surface area contributed by atoms with Gasteiger partial charge in [-0.1, -0.05) is 24.4 Å². The molecule has 1 aromatic carbocycles. The predicted molar refractivity (Wildman–Crippen MR) is 95.0 cm³/mol. The van der Waals surface area contributed by atoms with E-state index in [2.05, 4.69) is 23.4 Å². The van der Waals surface area contributed by atoms with Gasteiger partial charge in [-0.15, -0.1) is 0 Å². The fourth-order valence-corrected chi connectivity index (χ4v) is 2.04. The summed E-state index contributed by atoms with van der Waals surface area (Å²) in [6, 6.07) is 5.99. The lowest BCUT2D eigenvalue weighted by Gasteiger charge is -2.24. The van der Waals surface area contributed by atoms with E-state index in [1.165, 1.54) is 4.31 Å². The second-order valence-corrected chi connectivity index (χ2v) is 6.99. The minimum Gasteiger partial charge on any atom is -0.444 e. The number of thiol groups is 1. The van der Waals surface area contributed by atoms with Gasteiger partial charge < -0.3 is 15.4 Å². The van der Waals surface area contributed by atoms with E-state index in [0.29, 0.717) is 10.7 Å². The van der Waals surface area contributed by atoms with Crippen molar-refractivity contribution in [2.75, 3.05) is 11.9 Å². The van der Waals surface area contributed by atoms with Crippen LogP contribution in [0.4, 0.5) is 15.3 Å². The summed E-state index contributed by atoms with van der Waals surface area (Å²) in [4.78, 5) is 23.7. The summed E-state index contributed by atoms with van der Waals surface area (Å²) in [5.74, 6) is 0. The van der Waals surface area contributed by atoms with Crippen LogP contribution in [0.1, 0.15) is 27.7 Å². The van der Waals surface area contributed by atoms with Gasteiger partial charge in [0.1, 0.15) is 5.60 Å². The Hall–Kier alpha value is -1.60. The van der Waals surface area contributed by atoms with Crippen molar-refractivity contribution in [2.24, 2.45) is 0 Å². The summed E-state index contributed by atoms with van der Waals surface area (Å²) in [5, 5.41) is 5.90. The van der Waals surface area contributed by atoms with E-state index in [-0.39, 0.29) is 12.6 Å². The molecule has 1 rings (SSSR count). The molecule has 0 spiro atoms. The van der Waals surface area contributed by atoms with E-state index in [9.17, 15) is 9.59 Å². The lowest BCUT2D eigenvalue weighted by Crippen LogP contribution is -2.43. The van der Waals surface area contributed by atoms with Gasteiger partial charge in [0, 0.05) is 16.8 Å². The van der Waals surface area contributed by atoms with Gasteiger partial charge >= 0.3 is 12.1 Å². The fraction of sp³-hybridized carbons (Fsp3) is 0.467. The normalized spacial score (nSPS) is 12.3. The molecule has 23 heavy (non-hydrogen) atoms. The summed E-state index contributed by atoms with van der Waals surface area (Å²) in [6.45, 7) is 7.30. The van der Waals surface area contributed by atoms with Crippen molar-refractivity contribution in [1.29, 1.82) is 0 Å². The zero-order valence-corrected chi connectivity index (χ0v) is 15.2. The number of alkyl carbamates (subject to hydrolysis) is 1. The first-order chi connectivity index (χ1) is 10.6. The highest BCUT2D eigenvalue weighted by atomic mass is 35.5. The molecule has 6 nitrogen and oxygen atoms in total. The fourth-order valence-electron chi connectivity index (χ4n) is 1.62. The van der Waals surface area contributed by atoms with Crippen molar-refractivity contribution in [3.63, 3.8) is 0 Å². The van der Waals surface area contributed by atoms with Gasteiger partial charge in [0.15, 0.2) is 0 Å². The quantitative estimate of drug-likeness (QED) is 0.713. The van der Waals surface area contributed by atoms with E-state index >= 15 is 0 Å². The van der Waals surface area contributed by atoms with Gasteiger partial charge in [-0.25, -0.2) is 9.59 Å². The molecule has 2 N–H and O–H groups in total. The number of anilines is 1. The number of carbonyl (C=O) groups is 2. The van der Waals surface area contributed by atoms with Gasteiger partial charge in [0.2, 0.25) is 0 Å². The molecule has 1 atom stereocenters. The molecular weight excluding hydrogens is 338 g/mol. The summed E-state index contributed by atoms with van der Waals surface area (Å²) >= 11 is 9.91. The average molecular weight is 360 g/mol. The highest BCUT2D eigenvalue weighted by molar-refractivity contribution is 7.78. The first kappa shape index (κ1) is 19.4. The van der Waals surface area contributed by atoms with Gasteiger partial charge in [-0.3, -0.25) is 4.31 Å². The summed E-state index contributed by atoms with van der Waals surface area (Å²) in [5.41, 5.74) is 0.0300. The summed E-state index contributed by atoms with van der Waals surface area (Å²) in [7, 11) is 0. The van der Waals surface area contributed by atoms with Crippen LogP contribution in [0.2, 0.25) is 5.02 Å². The van der Waals surface area contributed by atoms with Gasteiger partial charge in [0.25, 0.3) is 0 Å². The van der Waals surface area contributed by atoms with E-state index in [1.54, 1.807) is 52.0 Å². The van der Waals surface area contributed by atoms with Crippen LogP contribution >= 0.6 is 24.4 Å². The molecule has 0 saturated carbocycles. The maximum Gasteiger partial charge on any atom is 0.407 e. The molecule has 8 heteroatoms. The molecule has 0 radical (unpaired) electrons. The second kappa shape index (κ2) is 8.31. The molecule has 0 saturated heterocycles. The number of benzene rings is 1. The number of hydrogen-bond donors (Lipinski definition) is 3. The average Bonchev–Trinajstić information content (AvgIpc) is 2.38. The Morgan fingerprint density at radius 1 is 1.30 bits per heavy atom. The minimum atomic E-state index is -0.573. The molecular formula is C15H22ClN3O3S. The summed E-state index contributed by atoms with van der Waals surface area (Å²) < 4.78 is 6.33. The van der Waals surface area contributed by atoms with E-state index < -0.39 is 17.7 Å². The molecule has 0 aliphatic rings. The number of nitrogens with one attached hydrogen (secondary N) is 2. The Balaban J connectivity index is 2.44. The highest BCUT2D eigenvalue weighted by Gasteiger charge is 2.19. The molecule has 128 valence electrons. The molecule has 0 aliphatic heterocycles. The molecule has 0 fully saturated rings.